The molecular formula is C23H21N5O3. The van der Waals surface area contributed by atoms with Crippen LogP contribution in [0.15, 0.2) is 76.1 Å². The molecule has 4 aromatic rings. The number of carbonyl (C=O) groups excluding carboxylic acids is 1. The predicted octanol–water partition coefficient (Wildman–Crippen LogP) is 3.00. The fraction of sp³-hybridized carbons (Fsp3) is 0.217. The van der Waals surface area contributed by atoms with Gasteiger partial charge in [-0.15, -0.1) is 0 Å². The molecule has 1 saturated carbocycles. The fourth-order valence-corrected chi connectivity index (χ4v) is 3.45. The van der Waals surface area contributed by atoms with E-state index in [1.807, 2.05) is 60.7 Å². The van der Waals surface area contributed by atoms with E-state index in [4.69, 9.17) is 4.42 Å². The van der Waals surface area contributed by atoms with Crippen molar-refractivity contribution in [3.8, 4) is 17.1 Å². The minimum absolute atomic E-state index is 0.125. The summed E-state index contributed by atoms with van der Waals surface area (Å²) in [5, 5.41) is 7.31. The van der Waals surface area contributed by atoms with E-state index in [-0.39, 0.29) is 30.4 Å². The first kappa shape index (κ1) is 19.0. The molecule has 2 aromatic carbocycles. The Balaban J connectivity index is 1.27. The van der Waals surface area contributed by atoms with Crippen LogP contribution in [0.2, 0.25) is 0 Å². The van der Waals surface area contributed by atoms with Crippen molar-refractivity contribution in [2.24, 2.45) is 0 Å². The number of benzene rings is 2. The summed E-state index contributed by atoms with van der Waals surface area (Å²) in [5.74, 6) is 1.23. The van der Waals surface area contributed by atoms with E-state index >= 15 is 0 Å². The number of oxazole rings is 1. The van der Waals surface area contributed by atoms with Crippen LogP contribution in [-0.4, -0.2) is 31.8 Å². The molecule has 0 aliphatic heterocycles. The third kappa shape index (κ3) is 3.92. The van der Waals surface area contributed by atoms with Gasteiger partial charge in [-0.25, -0.2) is 19.0 Å². The first-order valence-electron chi connectivity index (χ1n) is 10.3. The average Bonchev–Trinajstić information content (AvgIpc) is 3.44. The lowest BCUT2D eigenvalue weighted by Gasteiger charge is -2.03. The molecule has 31 heavy (non-hydrogen) atoms. The summed E-state index contributed by atoms with van der Waals surface area (Å²) in [7, 11) is 0. The number of aromatic nitrogens is 4. The largest absolute Gasteiger partial charge is 0.431 e. The summed E-state index contributed by atoms with van der Waals surface area (Å²) in [6.45, 7) is 0.514. The second-order valence-electron chi connectivity index (χ2n) is 7.46. The lowest BCUT2D eigenvalue weighted by molar-refractivity contribution is 0.0925. The lowest BCUT2D eigenvalue weighted by atomic mass is 10.2. The second-order valence-corrected chi connectivity index (χ2v) is 7.46. The summed E-state index contributed by atoms with van der Waals surface area (Å²) >= 11 is 0. The van der Waals surface area contributed by atoms with Gasteiger partial charge < -0.3 is 9.73 Å². The van der Waals surface area contributed by atoms with Crippen LogP contribution >= 0.6 is 0 Å². The Bertz CT molecular complexity index is 1250. The number of carbonyl (C=O) groups is 1. The molecule has 0 bridgehead atoms. The van der Waals surface area contributed by atoms with E-state index in [0.717, 1.165) is 29.9 Å². The van der Waals surface area contributed by atoms with Gasteiger partial charge in [0.05, 0.1) is 18.4 Å². The highest BCUT2D eigenvalue weighted by Gasteiger charge is 2.31. The standard InChI is InChI=1S/C23H21N5O3/c29-21(19-15-25-22(31-19)17-7-3-1-4-8-17)24-13-14-27-23(30)28(18-9-5-2-6-10-18)20(26-27)16-11-12-16/h1-10,15-16H,11-14H2,(H,24,29). The third-order valence-corrected chi connectivity index (χ3v) is 5.18. The molecule has 2 heterocycles. The second kappa shape index (κ2) is 8.06. The van der Waals surface area contributed by atoms with E-state index in [1.165, 1.54) is 10.9 Å². The molecule has 8 nitrogen and oxygen atoms in total. The van der Waals surface area contributed by atoms with Gasteiger partial charge in [0.15, 0.2) is 0 Å². The lowest BCUT2D eigenvalue weighted by Crippen LogP contribution is -2.31. The first-order chi connectivity index (χ1) is 15.2. The number of nitrogens with one attached hydrogen (secondary N) is 1. The molecule has 8 heteroatoms. The van der Waals surface area contributed by atoms with Gasteiger partial charge in [0.2, 0.25) is 11.7 Å². The number of hydrogen-bond donors (Lipinski definition) is 1. The van der Waals surface area contributed by atoms with E-state index in [9.17, 15) is 9.59 Å². The van der Waals surface area contributed by atoms with Crippen LogP contribution in [0.5, 0.6) is 0 Å². The molecular weight excluding hydrogens is 394 g/mol. The number of hydrogen-bond acceptors (Lipinski definition) is 5. The molecule has 1 amide bonds. The summed E-state index contributed by atoms with van der Waals surface area (Å²) < 4.78 is 8.65. The monoisotopic (exact) mass is 415 g/mol. The highest BCUT2D eigenvalue weighted by molar-refractivity contribution is 5.91. The first-order valence-corrected chi connectivity index (χ1v) is 10.3. The maximum absolute atomic E-state index is 13.0. The van der Waals surface area contributed by atoms with Crippen molar-refractivity contribution in [3.05, 3.63) is 88.9 Å². The molecule has 0 radical (unpaired) electrons. The molecule has 2 aromatic heterocycles. The Morgan fingerprint density at radius 1 is 1.06 bits per heavy atom. The van der Waals surface area contributed by atoms with Crippen molar-refractivity contribution in [2.45, 2.75) is 25.3 Å². The Labute approximate surface area is 178 Å². The van der Waals surface area contributed by atoms with Crippen molar-refractivity contribution in [3.63, 3.8) is 0 Å². The van der Waals surface area contributed by atoms with E-state index in [1.54, 1.807) is 4.57 Å². The van der Waals surface area contributed by atoms with Gasteiger partial charge in [0, 0.05) is 18.0 Å². The van der Waals surface area contributed by atoms with E-state index in [0.29, 0.717) is 11.8 Å². The van der Waals surface area contributed by atoms with Crippen molar-refractivity contribution in [1.29, 1.82) is 0 Å². The minimum Gasteiger partial charge on any atom is -0.431 e. The molecule has 1 aliphatic carbocycles. The zero-order chi connectivity index (χ0) is 21.2. The maximum Gasteiger partial charge on any atom is 0.350 e. The Morgan fingerprint density at radius 3 is 2.48 bits per heavy atom. The average molecular weight is 415 g/mol. The topological polar surface area (TPSA) is 95.0 Å². The number of nitrogens with zero attached hydrogens (tertiary/aromatic N) is 4. The van der Waals surface area contributed by atoms with Crippen LogP contribution in [0, 0.1) is 0 Å². The summed E-state index contributed by atoms with van der Waals surface area (Å²) in [6, 6.07) is 18.9. The van der Waals surface area contributed by atoms with E-state index in [2.05, 4.69) is 15.4 Å². The maximum atomic E-state index is 13.0. The zero-order valence-electron chi connectivity index (χ0n) is 16.8. The van der Waals surface area contributed by atoms with Gasteiger partial charge in [-0.2, -0.15) is 5.10 Å². The Kier molecular flexibility index (Phi) is 4.95. The van der Waals surface area contributed by atoms with Crippen LogP contribution in [0.4, 0.5) is 0 Å². The van der Waals surface area contributed by atoms with Crippen LogP contribution in [-0.2, 0) is 6.54 Å². The van der Waals surface area contributed by atoms with Gasteiger partial charge in [-0.05, 0) is 37.1 Å². The van der Waals surface area contributed by atoms with Crippen molar-refractivity contribution < 1.29 is 9.21 Å². The highest BCUT2D eigenvalue weighted by atomic mass is 16.4. The Morgan fingerprint density at radius 2 is 1.77 bits per heavy atom. The molecule has 0 spiro atoms. The van der Waals surface area contributed by atoms with Crippen LogP contribution in [0.1, 0.15) is 35.1 Å². The summed E-state index contributed by atoms with van der Waals surface area (Å²) in [6.07, 6.45) is 3.48. The van der Waals surface area contributed by atoms with Gasteiger partial charge in [-0.3, -0.25) is 4.79 Å². The molecule has 0 unspecified atom stereocenters. The van der Waals surface area contributed by atoms with Crippen molar-refractivity contribution in [2.75, 3.05) is 6.54 Å². The molecule has 1 fully saturated rings. The molecule has 0 atom stereocenters. The SMILES string of the molecule is O=C(NCCn1nc(C2CC2)n(-c2ccccc2)c1=O)c1cnc(-c2ccccc2)o1. The van der Waals surface area contributed by atoms with Gasteiger partial charge in [-0.1, -0.05) is 36.4 Å². The summed E-state index contributed by atoms with van der Waals surface area (Å²) in [4.78, 5) is 29.5. The van der Waals surface area contributed by atoms with Gasteiger partial charge in [0.25, 0.3) is 5.91 Å². The zero-order valence-corrected chi connectivity index (χ0v) is 16.8. The minimum atomic E-state index is -0.382. The molecule has 0 saturated heterocycles. The normalized spacial score (nSPS) is 13.3. The van der Waals surface area contributed by atoms with Crippen LogP contribution in [0.3, 0.4) is 0 Å². The molecule has 156 valence electrons. The van der Waals surface area contributed by atoms with Crippen molar-refractivity contribution in [1.82, 2.24) is 24.6 Å². The quantitative estimate of drug-likeness (QED) is 0.501. The summed E-state index contributed by atoms with van der Waals surface area (Å²) in [5.41, 5.74) is 1.40. The highest BCUT2D eigenvalue weighted by Crippen LogP contribution is 2.39. The van der Waals surface area contributed by atoms with Crippen LogP contribution < -0.4 is 11.0 Å². The molecule has 5 rings (SSSR count). The molecule has 1 aliphatic rings. The Hall–Kier alpha value is -3.94. The van der Waals surface area contributed by atoms with Gasteiger partial charge in [0.1, 0.15) is 5.82 Å². The van der Waals surface area contributed by atoms with E-state index < -0.39 is 0 Å². The number of amides is 1. The predicted molar refractivity (Wildman–Crippen MR) is 114 cm³/mol. The number of rotatable bonds is 7. The van der Waals surface area contributed by atoms with Crippen molar-refractivity contribution >= 4 is 5.91 Å². The number of para-hydroxylation sites is 1. The molecule has 1 N–H and O–H groups in total. The van der Waals surface area contributed by atoms with Crippen LogP contribution in [0.25, 0.3) is 17.1 Å². The smallest absolute Gasteiger partial charge is 0.350 e. The fourth-order valence-electron chi connectivity index (χ4n) is 3.45. The third-order valence-electron chi connectivity index (χ3n) is 5.18. The van der Waals surface area contributed by atoms with Gasteiger partial charge >= 0.3 is 5.69 Å².